The van der Waals surface area contributed by atoms with Gasteiger partial charge in [0.05, 0.1) is 20.6 Å². The van der Waals surface area contributed by atoms with E-state index in [9.17, 15) is 18.0 Å². The normalized spacial score (nSPS) is 12.5. The van der Waals surface area contributed by atoms with Gasteiger partial charge >= 0.3 is 0 Å². The Morgan fingerprint density at radius 2 is 1.51 bits per heavy atom. The van der Waals surface area contributed by atoms with Crippen LogP contribution >= 0.6 is 23.2 Å². The third-order valence-electron chi connectivity index (χ3n) is 6.67. The molecule has 7 nitrogen and oxygen atoms in total. The Balaban J connectivity index is 2.08. The summed E-state index contributed by atoms with van der Waals surface area (Å²) in [5.41, 5.74) is 3.23. The van der Waals surface area contributed by atoms with Gasteiger partial charge in [-0.3, -0.25) is 13.9 Å². The van der Waals surface area contributed by atoms with Crippen LogP contribution in [0.2, 0.25) is 10.0 Å². The summed E-state index contributed by atoms with van der Waals surface area (Å²) in [6.45, 7) is 12.3. The molecule has 1 atom stereocenters. The van der Waals surface area contributed by atoms with Crippen LogP contribution in [-0.4, -0.2) is 43.3 Å². The summed E-state index contributed by atoms with van der Waals surface area (Å²) in [6, 6.07) is 15.8. The lowest BCUT2D eigenvalue weighted by Crippen LogP contribution is -2.54. The zero-order valence-electron chi connectivity index (χ0n) is 24.5. The van der Waals surface area contributed by atoms with Crippen LogP contribution in [0.1, 0.15) is 49.9 Å². The van der Waals surface area contributed by atoms with Crippen LogP contribution in [-0.2, 0) is 26.2 Å². The summed E-state index contributed by atoms with van der Waals surface area (Å²) in [5, 5.41) is 3.57. The fraction of sp³-hybridized carbons (Fsp3) is 0.355. The van der Waals surface area contributed by atoms with Crippen molar-refractivity contribution >= 4 is 50.7 Å². The van der Waals surface area contributed by atoms with Gasteiger partial charge in [0, 0.05) is 12.1 Å². The molecular weight excluding hydrogens is 581 g/mol. The maximum Gasteiger partial charge on any atom is 0.264 e. The molecule has 0 aliphatic carbocycles. The SMILES string of the molecule is Cc1ccc(S(=O)(=O)N(CC(=O)N(Cc2ccc(Cl)c(Cl)c2)[C@H](C)C(=O)NC(C)(C)C)c2ccc(C)c(C)c2)cc1. The first kappa shape index (κ1) is 32.4. The summed E-state index contributed by atoms with van der Waals surface area (Å²) < 4.78 is 29.0. The predicted molar refractivity (Wildman–Crippen MR) is 166 cm³/mol. The number of carbonyl (C=O) groups excluding carboxylic acids is 2. The second-order valence-corrected chi connectivity index (χ2v) is 14.0. The molecule has 0 aliphatic rings. The Hall–Kier alpha value is -3.07. The number of nitrogens with zero attached hydrogens (tertiary/aromatic N) is 2. The number of benzene rings is 3. The molecule has 3 aromatic rings. The first-order valence-electron chi connectivity index (χ1n) is 13.2. The standard InChI is InChI=1S/C31H37Cl2N3O4S/c1-20-8-13-26(14-9-20)41(39,40)36(25-12-10-21(2)22(3)16-25)19-29(37)35(23(4)30(38)34-31(5,6)7)18-24-11-15-27(32)28(33)17-24/h8-17,23H,18-19H2,1-7H3,(H,34,38)/t23-/m1/s1. The number of carbonyl (C=O) groups is 2. The Kier molecular flexibility index (Phi) is 10.2. The molecule has 3 aromatic carbocycles. The predicted octanol–water partition coefficient (Wildman–Crippen LogP) is 6.45. The molecular formula is C31H37Cl2N3O4S. The zero-order chi connectivity index (χ0) is 30.7. The van der Waals surface area contributed by atoms with Crippen LogP contribution in [0.4, 0.5) is 5.69 Å². The number of anilines is 1. The molecule has 0 heterocycles. The molecule has 10 heteroatoms. The molecule has 0 aliphatic heterocycles. The molecule has 1 N–H and O–H groups in total. The number of nitrogens with one attached hydrogen (secondary N) is 1. The van der Waals surface area contributed by atoms with Crippen LogP contribution in [0.15, 0.2) is 65.6 Å². The molecule has 0 fully saturated rings. The summed E-state index contributed by atoms with van der Waals surface area (Å²) in [5.74, 6) is -0.924. The average Bonchev–Trinajstić information content (AvgIpc) is 2.88. The van der Waals surface area contributed by atoms with Crippen LogP contribution in [0.5, 0.6) is 0 Å². The van der Waals surface area contributed by atoms with Gasteiger partial charge in [0.15, 0.2) is 0 Å². The van der Waals surface area contributed by atoms with Gasteiger partial charge in [-0.1, -0.05) is 53.0 Å². The van der Waals surface area contributed by atoms with E-state index in [0.29, 0.717) is 21.3 Å². The lowest BCUT2D eigenvalue weighted by atomic mass is 10.1. The smallest absolute Gasteiger partial charge is 0.264 e. The van der Waals surface area contributed by atoms with Crippen LogP contribution in [0.25, 0.3) is 0 Å². The highest BCUT2D eigenvalue weighted by atomic mass is 35.5. The molecule has 0 saturated carbocycles. The molecule has 0 radical (unpaired) electrons. The Labute approximate surface area is 253 Å². The van der Waals surface area contributed by atoms with Crippen LogP contribution < -0.4 is 9.62 Å². The van der Waals surface area contributed by atoms with Gasteiger partial charge in [0.25, 0.3) is 10.0 Å². The van der Waals surface area contributed by atoms with Crippen molar-refractivity contribution in [1.29, 1.82) is 0 Å². The lowest BCUT2D eigenvalue weighted by Gasteiger charge is -2.33. The van der Waals surface area contributed by atoms with E-state index in [1.54, 1.807) is 49.4 Å². The summed E-state index contributed by atoms with van der Waals surface area (Å²) in [6.07, 6.45) is 0. The van der Waals surface area contributed by atoms with E-state index >= 15 is 0 Å². The van der Waals surface area contributed by atoms with Crippen molar-refractivity contribution in [2.24, 2.45) is 0 Å². The van der Waals surface area contributed by atoms with E-state index in [1.165, 1.54) is 17.0 Å². The molecule has 2 amide bonds. The third kappa shape index (κ3) is 8.24. The van der Waals surface area contributed by atoms with Crippen molar-refractivity contribution in [2.45, 2.75) is 71.5 Å². The Morgan fingerprint density at radius 1 is 0.878 bits per heavy atom. The maximum absolute atomic E-state index is 14.1. The van der Waals surface area contributed by atoms with Crippen molar-refractivity contribution in [1.82, 2.24) is 10.2 Å². The summed E-state index contributed by atoms with van der Waals surface area (Å²) in [7, 11) is -4.14. The first-order valence-corrected chi connectivity index (χ1v) is 15.4. The number of hydrogen-bond donors (Lipinski definition) is 1. The molecule has 3 rings (SSSR count). The fourth-order valence-electron chi connectivity index (χ4n) is 4.14. The lowest BCUT2D eigenvalue weighted by molar-refractivity contribution is -0.140. The van der Waals surface area contributed by atoms with Gasteiger partial charge in [0.2, 0.25) is 11.8 Å². The van der Waals surface area contributed by atoms with E-state index in [2.05, 4.69) is 5.32 Å². The number of halogens is 2. The topological polar surface area (TPSA) is 86.8 Å². The van der Waals surface area contributed by atoms with Crippen LogP contribution in [0, 0.1) is 20.8 Å². The van der Waals surface area contributed by atoms with E-state index < -0.39 is 34.1 Å². The molecule has 41 heavy (non-hydrogen) atoms. The van der Waals surface area contributed by atoms with Gasteiger partial charge in [-0.05, 0) is 102 Å². The minimum atomic E-state index is -4.14. The van der Waals surface area contributed by atoms with Gasteiger partial charge < -0.3 is 10.2 Å². The van der Waals surface area contributed by atoms with Gasteiger partial charge in [-0.25, -0.2) is 8.42 Å². The highest BCUT2D eigenvalue weighted by Gasteiger charge is 2.33. The Morgan fingerprint density at radius 3 is 2.07 bits per heavy atom. The van der Waals surface area contributed by atoms with Gasteiger partial charge in [-0.15, -0.1) is 0 Å². The van der Waals surface area contributed by atoms with Crippen molar-refractivity contribution in [2.75, 3.05) is 10.8 Å². The maximum atomic E-state index is 14.1. The minimum absolute atomic E-state index is 0.0137. The molecule has 0 bridgehead atoms. The monoisotopic (exact) mass is 617 g/mol. The largest absolute Gasteiger partial charge is 0.350 e. The highest BCUT2D eigenvalue weighted by Crippen LogP contribution is 2.28. The number of sulfonamides is 1. The molecule has 0 unspecified atom stereocenters. The molecule has 220 valence electrons. The fourth-order valence-corrected chi connectivity index (χ4v) is 5.86. The molecule has 0 aromatic heterocycles. The number of rotatable bonds is 9. The van der Waals surface area contributed by atoms with Crippen LogP contribution in [0.3, 0.4) is 0 Å². The van der Waals surface area contributed by atoms with E-state index in [1.807, 2.05) is 47.6 Å². The van der Waals surface area contributed by atoms with Crippen molar-refractivity contribution < 1.29 is 18.0 Å². The van der Waals surface area contributed by atoms with Gasteiger partial charge in [-0.2, -0.15) is 0 Å². The number of hydrogen-bond acceptors (Lipinski definition) is 4. The average molecular weight is 619 g/mol. The van der Waals surface area contributed by atoms with Gasteiger partial charge in [0.1, 0.15) is 12.6 Å². The van der Waals surface area contributed by atoms with E-state index in [0.717, 1.165) is 21.0 Å². The highest BCUT2D eigenvalue weighted by molar-refractivity contribution is 7.92. The van der Waals surface area contributed by atoms with E-state index in [4.69, 9.17) is 23.2 Å². The second-order valence-electron chi connectivity index (χ2n) is 11.3. The van der Waals surface area contributed by atoms with E-state index in [-0.39, 0.29) is 17.3 Å². The zero-order valence-corrected chi connectivity index (χ0v) is 26.8. The minimum Gasteiger partial charge on any atom is -0.350 e. The molecule has 0 saturated heterocycles. The number of amides is 2. The molecule has 0 spiro atoms. The number of aryl methyl sites for hydroxylation is 3. The Bertz CT molecular complexity index is 1530. The summed E-state index contributed by atoms with van der Waals surface area (Å²) in [4.78, 5) is 28.7. The third-order valence-corrected chi connectivity index (χ3v) is 9.20. The second kappa shape index (κ2) is 12.8. The van der Waals surface area contributed by atoms with Crippen molar-refractivity contribution in [3.63, 3.8) is 0 Å². The quantitative estimate of drug-likeness (QED) is 0.299. The summed E-state index contributed by atoms with van der Waals surface area (Å²) >= 11 is 12.3. The van der Waals surface area contributed by atoms with Crippen molar-refractivity contribution in [3.8, 4) is 0 Å². The first-order chi connectivity index (χ1) is 19.0. The van der Waals surface area contributed by atoms with Crippen molar-refractivity contribution in [3.05, 3.63) is 93.0 Å².